The molecule has 0 bridgehead atoms. The molecule has 1 unspecified atom stereocenters. The molecule has 2 saturated heterocycles. The van der Waals surface area contributed by atoms with Crippen LogP contribution in [0.5, 0.6) is 0 Å². The Balaban J connectivity index is 1.40. The Bertz CT molecular complexity index is 1460. The van der Waals surface area contributed by atoms with Gasteiger partial charge in [-0.3, -0.25) is 19.4 Å². The molecule has 4 rings (SSSR count). The van der Waals surface area contributed by atoms with Crippen LogP contribution in [-0.4, -0.2) is 93.6 Å². The second-order valence-corrected chi connectivity index (χ2v) is 13.5. The highest BCUT2D eigenvalue weighted by Gasteiger charge is 2.71. The van der Waals surface area contributed by atoms with Crippen molar-refractivity contribution in [2.45, 2.75) is 88.7 Å². The summed E-state index contributed by atoms with van der Waals surface area (Å²) in [5, 5.41) is 19.7. The van der Waals surface area contributed by atoms with Gasteiger partial charge in [0.15, 0.2) is 0 Å². The topological polar surface area (TPSA) is 111 Å². The number of halogens is 6. The summed E-state index contributed by atoms with van der Waals surface area (Å²) in [6, 6.07) is 8.80. The molecule has 0 radical (unpaired) electrons. The number of alkyl halides is 6. The number of anilines is 1. The van der Waals surface area contributed by atoms with E-state index in [4.69, 9.17) is 4.74 Å². The Morgan fingerprint density at radius 2 is 1.44 bits per heavy atom. The molecule has 0 spiro atoms. The van der Waals surface area contributed by atoms with Crippen molar-refractivity contribution in [3.05, 3.63) is 65.2 Å². The largest absolute Gasteiger partial charge is 0.458 e. The van der Waals surface area contributed by atoms with Gasteiger partial charge >= 0.3 is 18.3 Å². The Kier molecular flexibility index (Phi) is 10.3. The van der Waals surface area contributed by atoms with Gasteiger partial charge < -0.3 is 19.8 Å². The predicted octanol–water partition coefficient (Wildman–Crippen LogP) is 4.94. The van der Waals surface area contributed by atoms with Gasteiger partial charge in [0, 0.05) is 62.4 Å². The summed E-state index contributed by atoms with van der Waals surface area (Å²) < 4.78 is 84.6. The van der Waals surface area contributed by atoms with Crippen molar-refractivity contribution >= 4 is 23.5 Å². The normalized spacial score (nSPS) is 19.3. The smallest absolute Gasteiger partial charge is 0.430 e. The van der Waals surface area contributed by atoms with E-state index in [9.17, 15) is 50.9 Å². The monoisotopic (exact) mass is 687 g/mol. The van der Waals surface area contributed by atoms with Crippen molar-refractivity contribution in [2.24, 2.45) is 0 Å². The molecule has 0 aromatic heterocycles. The van der Waals surface area contributed by atoms with Crippen LogP contribution in [0.1, 0.15) is 68.4 Å². The van der Waals surface area contributed by atoms with E-state index in [-0.39, 0.29) is 37.6 Å². The van der Waals surface area contributed by atoms with Crippen LogP contribution in [-0.2, 0) is 26.5 Å². The third kappa shape index (κ3) is 8.12. The second kappa shape index (κ2) is 13.3. The first-order valence-electron chi connectivity index (χ1n) is 15.4. The van der Waals surface area contributed by atoms with Crippen LogP contribution in [0.4, 0.5) is 32.0 Å². The van der Waals surface area contributed by atoms with E-state index >= 15 is 0 Å². The molecule has 2 aromatic carbocycles. The van der Waals surface area contributed by atoms with Crippen molar-refractivity contribution in [3.8, 4) is 0 Å². The number of piperazine rings is 1. The second-order valence-electron chi connectivity index (χ2n) is 13.5. The third-order valence-corrected chi connectivity index (χ3v) is 8.52. The van der Waals surface area contributed by atoms with Crippen LogP contribution in [0.3, 0.4) is 0 Å². The zero-order chi connectivity index (χ0) is 35.9. The summed E-state index contributed by atoms with van der Waals surface area (Å²) >= 11 is 0. The van der Waals surface area contributed by atoms with E-state index in [2.05, 4.69) is 0 Å². The van der Waals surface area contributed by atoms with Crippen LogP contribution in [0.15, 0.2) is 48.5 Å². The summed E-state index contributed by atoms with van der Waals surface area (Å²) in [5.74, 6) is -1.21. The van der Waals surface area contributed by atoms with E-state index < -0.39 is 46.7 Å². The highest BCUT2D eigenvalue weighted by Crippen LogP contribution is 2.50. The summed E-state index contributed by atoms with van der Waals surface area (Å²) in [6.07, 6.45) is -11.5. The first-order chi connectivity index (χ1) is 22.0. The van der Waals surface area contributed by atoms with E-state index in [1.165, 1.54) is 4.90 Å². The number of esters is 1. The van der Waals surface area contributed by atoms with E-state index in [0.717, 1.165) is 12.1 Å². The number of aliphatic hydroxyl groups is 2. The molecule has 9 nitrogen and oxygen atoms in total. The molecule has 2 fully saturated rings. The van der Waals surface area contributed by atoms with Crippen LogP contribution in [0.2, 0.25) is 0 Å². The molecule has 0 aliphatic carbocycles. The minimum atomic E-state index is -5.97. The number of carbonyl (C=O) groups is 3. The van der Waals surface area contributed by atoms with Gasteiger partial charge in [-0.05, 0) is 63.9 Å². The van der Waals surface area contributed by atoms with Crippen molar-refractivity contribution in [1.82, 2.24) is 9.80 Å². The highest BCUT2D eigenvalue weighted by molar-refractivity contribution is 6.01. The van der Waals surface area contributed by atoms with Crippen molar-refractivity contribution < 1.29 is 55.7 Å². The maximum absolute atomic E-state index is 13.3. The lowest BCUT2D eigenvalue weighted by Crippen LogP contribution is -2.53. The number of benzene rings is 2. The van der Waals surface area contributed by atoms with Gasteiger partial charge in [0.2, 0.25) is 5.91 Å². The lowest BCUT2D eigenvalue weighted by Gasteiger charge is -2.35. The Labute approximate surface area is 274 Å². The number of rotatable bonds is 9. The molecular weight excluding hydrogens is 648 g/mol. The first kappa shape index (κ1) is 37.1. The number of ether oxygens (including phenoxy) is 1. The molecule has 2 aliphatic rings. The van der Waals surface area contributed by atoms with Crippen LogP contribution in [0.25, 0.3) is 0 Å². The average molecular weight is 688 g/mol. The van der Waals surface area contributed by atoms with Gasteiger partial charge in [-0.25, -0.2) is 4.79 Å². The molecule has 0 saturated carbocycles. The fourth-order valence-electron chi connectivity index (χ4n) is 5.81. The van der Waals surface area contributed by atoms with Crippen molar-refractivity contribution in [2.75, 3.05) is 31.1 Å². The van der Waals surface area contributed by atoms with Gasteiger partial charge in [-0.2, -0.15) is 26.3 Å². The molecule has 15 heteroatoms. The minimum absolute atomic E-state index is 0.0217. The number of cyclic esters (lactones) is 1. The lowest BCUT2D eigenvalue weighted by atomic mass is 9.91. The lowest BCUT2D eigenvalue weighted by molar-refractivity contribution is -0.376. The SMILES string of the molecule is CC(C)(O)CCC(=O)N(c1ccc(C(=O)N2CCN(Cc3ccc(C(O)(C(F)(F)F)C(F)(F)F)cc3)CC2)cc1)C1CC(C)(C)OC1=O. The molecule has 2 aliphatic heterocycles. The predicted molar refractivity (Wildman–Crippen MR) is 162 cm³/mol. The maximum atomic E-state index is 13.3. The van der Waals surface area contributed by atoms with Crippen LogP contribution in [0, 0.1) is 0 Å². The van der Waals surface area contributed by atoms with Crippen molar-refractivity contribution in [3.63, 3.8) is 0 Å². The Morgan fingerprint density at radius 3 is 1.90 bits per heavy atom. The number of nitrogens with zero attached hydrogens (tertiary/aromatic N) is 3. The molecule has 1 atom stereocenters. The third-order valence-electron chi connectivity index (χ3n) is 8.52. The van der Waals surface area contributed by atoms with Crippen molar-refractivity contribution in [1.29, 1.82) is 0 Å². The highest BCUT2D eigenvalue weighted by atomic mass is 19.4. The number of amides is 2. The molecule has 2 aromatic rings. The van der Waals surface area contributed by atoms with E-state index in [0.29, 0.717) is 55.1 Å². The minimum Gasteiger partial charge on any atom is -0.458 e. The summed E-state index contributed by atoms with van der Waals surface area (Å²) in [4.78, 5) is 44.2. The summed E-state index contributed by atoms with van der Waals surface area (Å²) in [6.45, 7) is 8.21. The van der Waals surface area contributed by atoms with E-state index in [1.54, 1.807) is 56.9 Å². The van der Waals surface area contributed by atoms with Gasteiger partial charge in [0.25, 0.3) is 11.5 Å². The quantitative estimate of drug-likeness (QED) is 0.284. The molecule has 2 N–H and O–H groups in total. The number of hydrogen-bond donors (Lipinski definition) is 2. The Morgan fingerprint density at radius 1 is 0.896 bits per heavy atom. The standard InChI is InChI=1S/C33H39F6N3O6/c1-29(2,46)14-13-26(43)42(25-19-30(3,4)48-28(25)45)24-11-7-22(8-12-24)27(44)41-17-15-40(16-18-41)20-21-5-9-23(10-6-21)31(47,32(34,35)36)33(37,38)39/h5-12,25,46-47H,13-20H2,1-4H3. The van der Waals surface area contributed by atoms with Gasteiger partial charge in [-0.15, -0.1) is 0 Å². The maximum Gasteiger partial charge on any atom is 0.430 e. The zero-order valence-electron chi connectivity index (χ0n) is 27.0. The molecule has 2 amide bonds. The first-order valence-corrected chi connectivity index (χ1v) is 15.4. The van der Waals surface area contributed by atoms with E-state index in [1.807, 2.05) is 4.90 Å². The van der Waals surface area contributed by atoms with Gasteiger partial charge in [0.1, 0.15) is 11.6 Å². The van der Waals surface area contributed by atoms with Crippen LogP contribution >= 0.6 is 0 Å². The Hall–Kier alpha value is -3.69. The summed E-state index contributed by atoms with van der Waals surface area (Å²) in [7, 11) is 0. The molecular formula is C33H39F6N3O6. The number of carbonyl (C=O) groups excluding carboxylic acids is 3. The fourth-order valence-corrected chi connectivity index (χ4v) is 5.81. The fraction of sp³-hybridized carbons (Fsp3) is 0.545. The molecule has 264 valence electrons. The van der Waals surface area contributed by atoms with Gasteiger partial charge in [0.05, 0.1) is 5.60 Å². The van der Waals surface area contributed by atoms with Gasteiger partial charge in [-0.1, -0.05) is 24.3 Å². The summed E-state index contributed by atoms with van der Waals surface area (Å²) in [5.41, 5.74) is -7.04. The number of hydrogen-bond acceptors (Lipinski definition) is 7. The van der Waals surface area contributed by atoms with Crippen LogP contribution < -0.4 is 4.90 Å². The zero-order valence-corrected chi connectivity index (χ0v) is 27.0. The molecule has 2 heterocycles. The average Bonchev–Trinajstić information content (AvgIpc) is 3.26. The molecule has 48 heavy (non-hydrogen) atoms.